The van der Waals surface area contributed by atoms with Gasteiger partial charge < -0.3 is 21.5 Å². The Labute approximate surface area is 97.4 Å². The van der Waals surface area contributed by atoms with Gasteiger partial charge in [0.05, 0.1) is 27.3 Å². The van der Waals surface area contributed by atoms with Crippen LogP contribution >= 0.6 is 0 Å². The Morgan fingerprint density at radius 3 is 2.14 bits per heavy atom. The van der Waals surface area contributed by atoms with Gasteiger partial charge >= 0.3 is 0 Å². The summed E-state index contributed by atoms with van der Waals surface area (Å²) in [6.45, 7) is 0. The average Bonchev–Trinajstić information content (AvgIpc) is 2.04. The fourth-order valence-corrected chi connectivity index (χ4v) is 1.12. The lowest BCUT2D eigenvalue weighted by atomic mass is 10.1. The molecule has 0 radical (unpaired) electrons. The summed E-state index contributed by atoms with van der Waals surface area (Å²) < 4.78 is 0.882. The molecule has 0 atom stereocenters. The lowest BCUT2D eigenvalue weighted by Gasteiger charge is -2.17. The van der Waals surface area contributed by atoms with Crippen molar-refractivity contribution >= 4 is 0 Å². The molecular formula is C12H18BrN. The van der Waals surface area contributed by atoms with Gasteiger partial charge in [0.2, 0.25) is 0 Å². The number of nitrogens with zero attached hydrogens (tertiary/aromatic N) is 1. The van der Waals surface area contributed by atoms with E-state index in [1.807, 2.05) is 6.07 Å². The van der Waals surface area contributed by atoms with Gasteiger partial charge in [-0.15, -0.1) is 0 Å². The highest BCUT2D eigenvalue weighted by atomic mass is 79.9. The molecule has 0 spiro atoms. The second-order valence-electron chi connectivity index (χ2n) is 4.19. The molecule has 1 rings (SSSR count). The van der Waals surface area contributed by atoms with Crippen LogP contribution in [-0.4, -0.2) is 25.6 Å². The smallest absolute Gasteiger partial charge is 0.0915 e. The standard InChI is InChI=1S/C12H18N.BrH/c1-13(2,3)11-7-10-12-8-5-4-6-9-12;/h4-9,11H,10H2,1-3H3;1H/q+1;/p-1. The van der Waals surface area contributed by atoms with Crippen LogP contribution in [0.25, 0.3) is 0 Å². The van der Waals surface area contributed by atoms with Crippen LogP contribution in [0.15, 0.2) is 42.6 Å². The first-order chi connectivity index (χ1) is 6.08. The zero-order chi connectivity index (χ0) is 9.73. The van der Waals surface area contributed by atoms with E-state index in [2.05, 4.69) is 57.7 Å². The van der Waals surface area contributed by atoms with Gasteiger partial charge in [0, 0.05) is 0 Å². The van der Waals surface area contributed by atoms with E-state index in [-0.39, 0.29) is 17.0 Å². The molecule has 0 saturated heterocycles. The Morgan fingerprint density at radius 2 is 1.64 bits per heavy atom. The van der Waals surface area contributed by atoms with E-state index >= 15 is 0 Å². The van der Waals surface area contributed by atoms with Crippen molar-refractivity contribution < 1.29 is 21.5 Å². The number of halogens is 1. The molecule has 78 valence electrons. The van der Waals surface area contributed by atoms with Crippen molar-refractivity contribution in [3.63, 3.8) is 0 Å². The fourth-order valence-electron chi connectivity index (χ4n) is 1.12. The topological polar surface area (TPSA) is 0 Å². The van der Waals surface area contributed by atoms with Gasteiger partial charge in [0.25, 0.3) is 0 Å². The highest BCUT2D eigenvalue weighted by Crippen LogP contribution is 2.01. The zero-order valence-electron chi connectivity index (χ0n) is 9.07. The summed E-state index contributed by atoms with van der Waals surface area (Å²) in [6.07, 6.45) is 5.44. The second kappa shape index (κ2) is 5.99. The van der Waals surface area contributed by atoms with E-state index in [0.717, 1.165) is 10.9 Å². The van der Waals surface area contributed by atoms with E-state index in [9.17, 15) is 0 Å². The quantitative estimate of drug-likeness (QED) is 0.637. The molecule has 0 unspecified atom stereocenters. The third kappa shape index (κ3) is 5.95. The van der Waals surface area contributed by atoms with Crippen LogP contribution in [0.5, 0.6) is 0 Å². The minimum absolute atomic E-state index is 0. The summed E-state index contributed by atoms with van der Waals surface area (Å²) in [7, 11) is 6.46. The summed E-state index contributed by atoms with van der Waals surface area (Å²) in [5.74, 6) is 0. The first-order valence-corrected chi connectivity index (χ1v) is 4.61. The minimum Gasteiger partial charge on any atom is -1.00 e. The summed E-state index contributed by atoms with van der Waals surface area (Å²) in [4.78, 5) is 0. The van der Waals surface area contributed by atoms with Crippen molar-refractivity contribution in [1.29, 1.82) is 0 Å². The number of rotatable bonds is 3. The van der Waals surface area contributed by atoms with Gasteiger partial charge in [-0.05, 0) is 18.1 Å². The van der Waals surface area contributed by atoms with Crippen LogP contribution in [0.1, 0.15) is 5.56 Å². The van der Waals surface area contributed by atoms with Gasteiger partial charge in [-0.2, -0.15) is 0 Å². The molecule has 0 saturated carbocycles. The molecule has 14 heavy (non-hydrogen) atoms. The molecule has 1 aromatic rings. The predicted octanol–water partition coefficient (Wildman–Crippen LogP) is -0.547. The molecule has 0 aliphatic rings. The summed E-state index contributed by atoms with van der Waals surface area (Å²) >= 11 is 0. The van der Waals surface area contributed by atoms with Gasteiger partial charge in [-0.1, -0.05) is 30.3 Å². The highest BCUT2D eigenvalue weighted by molar-refractivity contribution is 5.16. The van der Waals surface area contributed by atoms with Crippen LogP contribution in [0.3, 0.4) is 0 Å². The van der Waals surface area contributed by atoms with E-state index in [4.69, 9.17) is 0 Å². The van der Waals surface area contributed by atoms with Crippen LogP contribution in [0.4, 0.5) is 0 Å². The third-order valence-corrected chi connectivity index (χ3v) is 1.75. The second-order valence-corrected chi connectivity index (χ2v) is 4.19. The number of hydrogen-bond donors (Lipinski definition) is 0. The maximum Gasteiger partial charge on any atom is 0.0915 e. The lowest BCUT2D eigenvalue weighted by molar-refractivity contribution is -0.817. The Hall–Kier alpha value is -0.600. The Kier molecular flexibility index (Phi) is 5.73. The molecule has 2 heteroatoms. The van der Waals surface area contributed by atoms with Gasteiger partial charge in [-0.3, -0.25) is 0 Å². The fraction of sp³-hybridized carbons (Fsp3) is 0.333. The average molecular weight is 256 g/mol. The van der Waals surface area contributed by atoms with Gasteiger partial charge in [0.15, 0.2) is 0 Å². The molecule has 1 aromatic carbocycles. The molecule has 0 aromatic heterocycles. The molecule has 0 amide bonds. The summed E-state index contributed by atoms with van der Waals surface area (Å²) in [6, 6.07) is 10.5. The number of quaternary nitrogens is 1. The van der Waals surface area contributed by atoms with Crippen LogP contribution in [-0.2, 0) is 6.42 Å². The molecule has 1 nitrogen and oxygen atoms in total. The van der Waals surface area contributed by atoms with Crippen LogP contribution < -0.4 is 17.0 Å². The first-order valence-electron chi connectivity index (χ1n) is 4.61. The monoisotopic (exact) mass is 255 g/mol. The summed E-state index contributed by atoms with van der Waals surface area (Å²) in [5, 5.41) is 0. The van der Waals surface area contributed by atoms with Crippen molar-refractivity contribution in [2.45, 2.75) is 6.42 Å². The van der Waals surface area contributed by atoms with Crippen molar-refractivity contribution in [3.8, 4) is 0 Å². The minimum atomic E-state index is 0. The van der Waals surface area contributed by atoms with Crippen molar-refractivity contribution in [2.24, 2.45) is 0 Å². The SMILES string of the molecule is C[N+](C)(C)C=CCc1ccccc1.[Br-]. The molecular weight excluding hydrogens is 238 g/mol. The summed E-state index contributed by atoms with van der Waals surface area (Å²) in [5.41, 5.74) is 1.37. The predicted molar refractivity (Wildman–Crippen MR) is 57.3 cm³/mol. The van der Waals surface area contributed by atoms with Crippen molar-refractivity contribution in [3.05, 3.63) is 48.2 Å². The van der Waals surface area contributed by atoms with Crippen molar-refractivity contribution in [2.75, 3.05) is 21.1 Å². The number of benzene rings is 1. The van der Waals surface area contributed by atoms with Gasteiger partial charge in [-0.25, -0.2) is 0 Å². The van der Waals surface area contributed by atoms with E-state index in [1.54, 1.807) is 0 Å². The molecule has 0 aliphatic heterocycles. The Balaban J connectivity index is 0.00000169. The van der Waals surface area contributed by atoms with E-state index < -0.39 is 0 Å². The van der Waals surface area contributed by atoms with Crippen molar-refractivity contribution in [1.82, 2.24) is 0 Å². The maximum absolute atomic E-state index is 2.22. The largest absolute Gasteiger partial charge is 1.00 e. The molecule has 0 aliphatic carbocycles. The highest BCUT2D eigenvalue weighted by Gasteiger charge is 1.98. The Bertz CT molecular complexity index is 272. The third-order valence-electron chi connectivity index (χ3n) is 1.75. The van der Waals surface area contributed by atoms with E-state index in [1.165, 1.54) is 5.56 Å². The van der Waals surface area contributed by atoms with Gasteiger partial charge in [0.1, 0.15) is 0 Å². The van der Waals surface area contributed by atoms with E-state index in [0.29, 0.717) is 0 Å². The normalized spacial score (nSPS) is 11.4. The molecule has 0 N–H and O–H groups in total. The Morgan fingerprint density at radius 1 is 1.07 bits per heavy atom. The first kappa shape index (κ1) is 13.4. The lowest BCUT2D eigenvalue weighted by Crippen LogP contribution is -3.00. The molecule has 0 bridgehead atoms. The van der Waals surface area contributed by atoms with Crippen LogP contribution in [0, 0.1) is 0 Å². The van der Waals surface area contributed by atoms with Crippen LogP contribution in [0.2, 0.25) is 0 Å². The molecule has 0 fully saturated rings. The number of hydrogen-bond acceptors (Lipinski definition) is 0. The number of allylic oxidation sites excluding steroid dienone is 1. The zero-order valence-corrected chi connectivity index (χ0v) is 10.7. The molecule has 0 heterocycles. The maximum atomic E-state index is 2.22.